The van der Waals surface area contributed by atoms with Crippen LogP contribution in [-0.2, 0) is 0 Å². The van der Waals surface area contributed by atoms with Gasteiger partial charge < -0.3 is 5.11 Å². The standard InChI is InChI=1S/C12H9N3O/c16-10-5-4-9-7-14-12(15(9)8-10)11-3-1-2-6-13-11/h1-8,16H. The van der Waals surface area contributed by atoms with Crippen LogP contribution in [0.1, 0.15) is 0 Å². The number of aromatic hydroxyl groups is 1. The van der Waals surface area contributed by atoms with E-state index in [0.29, 0.717) is 0 Å². The largest absolute Gasteiger partial charge is 0.506 e. The van der Waals surface area contributed by atoms with Crippen LogP contribution in [0.2, 0.25) is 0 Å². The number of aromatic nitrogens is 3. The minimum atomic E-state index is 0.211. The Morgan fingerprint density at radius 2 is 2.00 bits per heavy atom. The van der Waals surface area contributed by atoms with E-state index in [2.05, 4.69) is 9.97 Å². The first-order valence-corrected chi connectivity index (χ1v) is 4.92. The molecule has 0 fully saturated rings. The maximum absolute atomic E-state index is 9.45. The van der Waals surface area contributed by atoms with Gasteiger partial charge in [-0.25, -0.2) is 4.98 Å². The molecule has 0 aliphatic heterocycles. The number of rotatable bonds is 1. The molecule has 0 amide bonds. The molecule has 78 valence electrons. The third-order valence-electron chi connectivity index (χ3n) is 2.41. The average molecular weight is 211 g/mol. The van der Waals surface area contributed by atoms with E-state index >= 15 is 0 Å². The Morgan fingerprint density at radius 1 is 1.06 bits per heavy atom. The van der Waals surface area contributed by atoms with Crippen LogP contribution in [0.5, 0.6) is 5.75 Å². The molecule has 0 saturated carbocycles. The van der Waals surface area contributed by atoms with Crippen molar-refractivity contribution in [3.63, 3.8) is 0 Å². The maximum Gasteiger partial charge on any atom is 0.163 e. The third-order valence-corrected chi connectivity index (χ3v) is 2.41. The lowest BCUT2D eigenvalue weighted by molar-refractivity contribution is 0.472. The predicted octanol–water partition coefficient (Wildman–Crippen LogP) is 2.10. The molecule has 0 aromatic carbocycles. The van der Waals surface area contributed by atoms with E-state index in [1.54, 1.807) is 24.7 Å². The monoisotopic (exact) mass is 211 g/mol. The number of nitrogens with zero attached hydrogens (tertiary/aromatic N) is 3. The molecule has 16 heavy (non-hydrogen) atoms. The van der Waals surface area contributed by atoms with Crippen molar-refractivity contribution in [1.82, 2.24) is 14.4 Å². The number of pyridine rings is 2. The van der Waals surface area contributed by atoms with Crippen molar-refractivity contribution in [2.24, 2.45) is 0 Å². The predicted molar refractivity (Wildman–Crippen MR) is 60.1 cm³/mol. The maximum atomic E-state index is 9.45. The molecule has 0 atom stereocenters. The highest BCUT2D eigenvalue weighted by Gasteiger charge is 2.06. The average Bonchev–Trinajstić information content (AvgIpc) is 2.73. The van der Waals surface area contributed by atoms with Crippen LogP contribution in [0.15, 0.2) is 48.9 Å². The van der Waals surface area contributed by atoms with E-state index in [9.17, 15) is 5.11 Å². The highest BCUT2D eigenvalue weighted by atomic mass is 16.3. The summed E-state index contributed by atoms with van der Waals surface area (Å²) in [6.45, 7) is 0. The summed E-state index contributed by atoms with van der Waals surface area (Å²) in [5, 5.41) is 9.45. The Bertz CT molecular complexity index is 631. The van der Waals surface area contributed by atoms with Crippen LogP contribution < -0.4 is 0 Å². The number of imidazole rings is 1. The summed E-state index contributed by atoms with van der Waals surface area (Å²) in [5.74, 6) is 0.939. The first-order valence-electron chi connectivity index (χ1n) is 4.92. The Balaban J connectivity index is 2.29. The molecule has 0 aliphatic rings. The Morgan fingerprint density at radius 3 is 2.81 bits per heavy atom. The zero-order chi connectivity index (χ0) is 11.0. The summed E-state index contributed by atoms with van der Waals surface area (Å²) in [4.78, 5) is 8.53. The lowest BCUT2D eigenvalue weighted by Crippen LogP contribution is -1.90. The van der Waals surface area contributed by atoms with E-state index in [0.717, 1.165) is 17.0 Å². The van der Waals surface area contributed by atoms with E-state index in [-0.39, 0.29) is 5.75 Å². The second-order valence-electron chi connectivity index (χ2n) is 3.48. The number of hydrogen-bond donors (Lipinski definition) is 1. The summed E-state index contributed by atoms with van der Waals surface area (Å²) < 4.78 is 1.82. The first kappa shape index (κ1) is 8.91. The van der Waals surface area contributed by atoms with E-state index < -0.39 is 0 Å². The lowest BCUT2D eigenvalue weighted by Gasteiger charge is -2.00. The molecule has 3 rings (SSSR count). The summed E-state index contributed by atoms with van der Waals surface area (Å²) in [7, 11) is 0. The summed E-state index contributed by atoms with van der Waals surface area (Å²) >= 11 is 0. The molecule has 3 heterocycles. The van der Waals surface area contributed by atoms with Gasteiger partial charge in [0.2, 0.25) is 0 Å². The molecule has 4 heteroatoms. The Labute approximate surface area is 91.8 Å². The lowest BCUT2D eigenvalue weighted by atomic mass is 10.3. The fraction of sp³-hybridized carbons (Fsp3) is 0. The van der Waals surface area contributed by atoms with Gasteiger partial charge in [0, 0.05) is 6.20 Å². The van der Waals surface area contributed by atoms with Gasteiger partial charge in [-0.15, -0.1) is 0 Å². The van der Waals surface area contributed by atoms with Gasteiger partial charge in [0.15, 0.2) is 5.82 Å². The van der Waals surface area contributed by atoms with Crippen molar-refractivity contribution in [3.05, 3.63) is 48.9 Å². The fourth-order valence-corrected chi connectivity index (χ4v) is 1.66. The van der Waals surface area contributed by atoms with Gasteiger partial charge in [-0.05, 0) is 24.3 Å². The van der Waals surface area contributed by atoms with Gasteiger partial charge in [0.25, 0.3) is 0 Å². The normalized spacial score (nSPS) is 10.8. The second-order valence-corrected chi connectivity index (χ2v) is 3.48. The summed E-state index contributed by atoms with van der Waals surface area (Å²) in [5.41, 5.74) is 1.71. The minimum Gasteiger partial charge on any atom is -0.506 e. The molecule has 4 nitrogen and oxygen atoms in total. The Hall–Kier alpha value is -2.36. The fourth-order valence-electron chi connectivity index (χ4n) is 1.66. The first-order chi connectivity index (χ1) is 7.84. The molecule has 0 saturated heterocycles. The van der Waals surface area contributed by atoms with Crippen molar-refractivity contribution in [2.75, 3.05) is 0 Å². The summed E-state index contributed by atoms with van der Waals surface area (Å²) in [6, 6.07) is 9.11. The molecule has 0 aliphatic carbocycles. The van der Waals surface area contributed by atoms with Crippen LogP contribution >= 0.6 is 0 Å². The molecular weight excluding hydrogens is 202 g/mol. The second kappa shape index (κ2) is 3.34. The highest BCUT2D eigenvalue weighted by Crippen LogP contribution is 2.19. The van der Waals surface area contributed by atoms with Gasteiger partial charge in [-0.3, -0.25) is 9.38 Å². The third kappa shape index (κ3) is 1.32. The molecule has 0 radical (unpaired) electrons. The van der Waals surface area contributed by atoms with Gasteiger partial charge >= 0.3 is 0 Å². The van der Waals surface area contributed by atoms with Crippen LogP contribution in [0.25, 0.3) is 17.0 Å². The van der Waals surface area contributed by atoms with Crippen molar-refractivity contribution in [3.8, 4) is 17.3 Å². The van der Waals surface area contributed by atoms with E-state index in [4.69, 9.17) is 0 Å². The zero-order valence-corrected chi connectivity index (χ0v) is 8.41. The molecule has 3 aromatic rings. The van der Waals surface area contributed by atoms with Crippen LogP contribution in [0.4, 0.5) is 0 Å². The SMILES string of the molecule is Oc1ccc2cnc(-c3ccccn3)n2c1. The number of hydrogen-bond acceptors (Lipinski definition) is 3. The molecule has 3 aromatic heterocycles. The summed E-state index contributed by atoms with van der Waals surface area (Å²) in [6.07, 6.45) is 5.11. The van der Waals surface area contributed by atoms with Gasteiger partial charge in [0.05, 0.1) is 17.9 Å². The minimum absolute atomic E-state index is 0.211. The van der Waals surface area contributed by atoms with Gasteiger partial charge in [0.1, 0.15) is 11.4 Å². The number of fused-ring (bicyclic) bond motifs is 1. The molecule has 0 unspecified atom stereocenters. The van der Waals surface area contributed by atoms with Crippen LogP contribution in [0, 0.1) is 0 Å². The van der Waals surface area contributed by atoms with Gasteiger partial charge in [-0.1, -0.05) is 6.07 Å². The van der Waals surface area contributed by atoms with E-state index in [1.165, 1.54) is 0 Å². The molecular formula is C12H9N3O. The quantitative estimate of drug-likeness (QED) is 0.670. The van der Waals surface area contributed by atoms with Crippen molar-refractivity contribution >= 4 is 5.52 Å². The van der Waals surface area contributed by atoms with E-state index in [1.807, 2.05) is 28.7 Å². The molecule has 0 bridgehead atoms. The molecule has 0 spiro atoms. The highest BCUT2D eigenvalue weighted by molar-refractivity contribution is 5.59. The van der Waals surface area contributed by atoms with Crippen molar-refractivity contribution in [1.29, 1.82) is 0 Å². The zero-order valence-electron chi connectivity index (χ0n) is 8.41. The topological polar surface area (TPSA) is 50.4 Å². The Kier molecular flexibility index (Phi) is 1.86. The molecule has 1 N–H and O–H groups in total. The van der Waals surface area contributed by atoms with Crippen molar-refractivity contribution in [2.45, 2.75) is 0 Å². The van der Waals surface area contributed by atoms with Crippen LogP contribution in [-0.4, -0.2) is 19.5 Å². The smallest absolute Gasteiger partial charge is 0.163 e. The van der Waals surface area contributed by atoms with Crippen molar-refractivity contribution < 1.29 is 5.11 Å². The van der Waals surface area contributed by atoms with Gasteiger partial charge in [-0.2, -0.15) is 0 Å². The van der Waals surface area contributed by atoms with Crippen LogP contribution in [0.3, 0.4) is 0 Å².